The molecule has 0 fully saturated rings. The van der Waals surface area contributed by atoms with Crippen LogP contribution in [0.25, 0.3) is 39.4 Å². The molecule has 0 saturated carbocycles. The van der Waals surface area contributed by atoms with Crippen LogP contribution in [-0.2, 0) is 20.0 Å². The Labute approximate surface area is 223 Å². The van der Waals surface area contributed by atoms with Crippen molar-refractivity contribution in [2.75, 3.05) is 0 Å². The van der Waals surface area contributed by atoms with E-state index in [0.29, 0.717) is 35.6 Å². The Hall–Kier alpha value is -5.12. The zero-order valence-electron chi connectivity index (χ0n) is 21.6. The molecule has 0 aliphatic carbocycles. The minimum absolute atomic E-state index is 0.375. The Balaban J connectivity index is 1.44. The molecule has 194 valence electrons. The summed E-state index contributed by atoms with van der Waals surface area (Å²) in [6.07, 6.45) is 1.54. The summed E-state index contributed by atoms with van der Waals surface area (Å²) in [5.74, 6) is 1.31. The van der Waals surface area contributed by atoms with Crippen LogP contribution in [0.2, 0.25) is 0 Å². The maximum atomic E-state index is 13.8. The molecule has 0 aliphatic heterocycles. The van der Waals surface area contributed by atoms with Crippen molar-refractivity contribution in [1.29, 1.82) is 0 Å². The highest BCUT2D eigenvalue weighted by Gasteiger charge is 2.21. The topological polar surface area (TPSA) is 116 Å². The Morgan fingerprint density at radius 3 is 2.28 bits per heavy atom. The second kappa shape index (κ2) is 9.97. The lowest BCUT2D eigenvalue weighted by atomic mass is 9.98. The summed E-state index contributed by atoms with van der Waals surface area (Å²) >= 11 is 0. The van der Waals surface area contributed by atoms with Gasteiger partial charge in [0.2, 0.25) is 5.82 Å². The molecule has 0 unspecified atom stereocenters. The average molecular weight is 519 g/mol. The first-order valence-corrected chi connectivity index (χ1v) is 12.8. The summed E-state index contributed by atoms with van der Waals surface area (Å²) in [6.45, 7) is 2.52. The first-order valence-electron chi connectivity index (χ1n) is 12.8. The molecule has 3 heterocycles. The van der Waals surface area contributed by atoms with Crippen molar-refractivity contribution in [3.8, 4) is 28.2 Å². The maximum Gasteiger partial charge on any atom is 0.337 e. The van der Waals surface area contributed by atoms with Gasteiger partial charge in [-0.15, -0.1) is 10.2 Å². The minimum atomic E-state index is -0.420. The van der Waals surface area contributed by atoms with E-state index in [1.807, 2.05) is 71.3 Å². The van der Waals surface area contributed by atoms with E-state index >= 15 is 0 Å². The van der Waals surface area contributed by atoms with Crippen LogP contribution in [0.3, 0.4) is 0 Å². The number of tetrazole rings is 1. The lowest BCUT2D eigenvalue weighted by molar-refractivity contribution is 0.716. The van der Waals surface area contributed by atoms with E-state index < -0.39 is 5.69 Å². The van der Waals surface area contributed by atoms with Gasteiger partial charge in [0.25, 0.3) is 5.56 Å². The van der Waals surface area contributed by atoms with Crippen molar-refractivity contribution >= 4 is 11.2 Å². The minimum Gasteiger partial charge on any atom is -0.318 e. The molecule has 0 bridgehead atoms. The number of benzene rings is 3. The monoisotopic (exact) mass is 518 g/mol. The van der Waals surface area contributed by atoms with Crippen LogP contribution in [0.1, 0.15) is 24.7 Å². The zero-order valence-corrected chi connectivity index (χ0v) is 21.6. The Bertz CT molecular complexity index is 1880. The largest absolute Gasteiger partial charge is 0.337 e. The van der Waals surface area contributed by atoms with E-state index in [9.17, 15) is 9.59 Å². The third-order valence-corrected chi connectivity index (χ3v) is 6.84. The number of nitrogens with zero attached hydrogens (tertiary/aromatic N) is 7. The van der Waals surface area contributed by atoms with Gasteiger partial charge < -0.3 is 4.57 Å². The van der Waals surface area contributed by atoms with Gasteiger partial charge in [0.15, 0.2) is 11.2 Å². The van der Waals surface area contributed by atoms with Gasteiger partial charge in [-0.1, -0.05) is 73.7 Å². The van der Waals surface area contributed by atoms with Crippen molar-refractivity contribution in [2.24, 2.45) is 7.05 Å². The highest BCUT2D eigenvalue weighted by atomic mass is 16.2. The van der Waals surface area contributed by atoms with Gasteiger partial charge in [0.1, 0.15) is 5.82 Å². The van der Waals surface area contributed by atoms with Crippen molar-refractivity contribution in [2.45, 2.75) is 26.3 Å². The summed E-state index contributed by atoms with van der Waals surface area (Å²) in [4.78, 5) is 31.7. The molecule has 10 nitrogen and oxygen atoms in total. The van der Waals surface area contributed by atoms with Gasteiger partial charge in [-0.3, -0.25) is 9.36 Å². The molecule has 10 heteroatoms. The molecular weight excluding hydrogens is 492 g/mol. The molecule has 0 radical (unpaired) electrons. The van der Waals surface area contributed by atoms with E-state index in [1.165, 1.54) is 9.13 Å². The summed E-state index contributed by atoms with van der Waals surface area (Å²) in [5.41, 5.74) is 4.43. The molecular formula is C29H26N8O2. The highest BCUT2D eigenvalue weighted by Crippen LogP contribution is 2.30. The third kappa shape index (κ3) is 4.25. The van der Waals surface area contributed by atoms with E-state index in [-0.39, 0.29) is 5.56 Å². The first kappa shape index (κ1) is 24.2. The van der Waals surface area contributed by atoms with Gasteiger partial charge in [-0.25, -0.2) is 14.3 Å². The molecule has 0 amide bonds. The summed E-state index contributed by atoms with van der Waals surface area (Å²) in [7, 11) is 1.66. The van der Waals surface area contributed by atoms with Gasteiger partial charge in [0, 0.05) is 25.6 Å². The third-order valence-electron chi connectivity index (χ3n) is 6.84. The van der Waals surface area contributed by atoms with Crippen molar-refractivity contribution in [1.82, 2.24) is 39.3 Å². The predicted octanol–water partition coefficient (Wildman–Crippen LogP) is 3.73. The number of H-pyrrole nitrogens is 1. The van der Waals surface area contributed by atoms with Crippen LogP contribution < -0.4 is 11.2 Å². The van der Waals surface area contributed by atoms with Crippen LogP contribution in [0.4, 0.5) is 0 Å². The first-order chi connectivity index (χ1) is 19.1. The Morgan fingerprint density at radius 1 is 0.872 bits per heavy atom. The van der Waals surface area contributed by atoms with E-state index in [2.05, 4.69) is 27.5 Å². The summed E-state index contributed by atoms with van der Waals surface area (Å²) < 4.78 is 4.62. The van der Waals surface area contributed by atoms with Crippen LogP contribution in [0, 0.1) is 0 Å². The molecule has 0 spiro atoms. The van der Waals surface area contributed by atoms with Crippen LogP contribution in [0.15, 0.2) is 88.5 Å². The quantitative estimate of drug-likeness (QED) is 0.344. The molecule has 0 saturated heterocycles. The number of rotatable bonds is 7. The SMILES string of the molecule is CCCc1nc2c(c(=O)n(-c3ccccc3)c(=O)n2C)n1Cc1ccc(-c2ccccc2-c2nn[nH]n2)cc1. The Morgan fingerprint density at radius 2 is 1.59 bits per heavy atom. The van der Waals surface area contributed by atoms with Crippen LogP contribution in [0.5, 0.6) is 0 Å². The fourth-order valence-corrected chi connectivity index (χ4v) is 4.93. The second-order valence-electron chi connectivity index (χ2n) is 9.33. The molecule has 1 N–H and O–H groups in total. The fourth-order valence-electron chi connectivity index (χ4n) is 4.93. The van der Waals surface area contributed by atoms with Crippen LogP contribution in [-0.4, -0.2) is 39.3 Å². The maximum absolute atomic E-state index is 13.8. The number of fused-ring (bicyclic) bond motifs is 1. The smallest absolute Gasteiger partial charge is 0.318 e. The second-order valence-corrected chi connectivity index (χ2v) is 9.33. The molecule has 39 heavy (non-hydrogen) atoms. The number of aromatic nitrogens is 8. The number of aryl methyl sites for hydroxylation is 2. The lowest BCUT2D eigenvalue weighted by Crippen LogP contribution is -2.38. The van der Waals surface area contributed by atoms with Crippen molar-refractivity contribution < 1.29 is 0 Å². The normalized spacial score (nSPS) is 11.3. The molecule has 3 aromatic heterocycles. The fraction of sp³-hybridized carbons (Fsp3) is 0.172. The van der Waals surface area contributed by atoms with E-state index in [4.69, 9.17) is 4.98 Å². The standard InChI is InChI=1S/C29H26N8O2/c1-3-9-24-30-27-25(28(38)37(29(39)35(27)2)21-10-5-4-6-11-21)36(24)18-19-14-16-20(17-15-19)22-12-7-8-13-23(22)26-31-33-34-32-26/h4-8,10-17H,3,9,18H2,1-2H3,(H,31,32,33,34). The summed E-state index contributed by atoms with van der Waals surface area (Å²) in [6, 6.07) is 25.1. The Kier molecular flexibility index (Phi) is 6.20. The van der Waals surface area contributed by atoms with Crippen LogP contribution >= 0.6 is 0 Å². The number of para-hydroxylation sites is 1. The number of imidazole rings is 1. The number of nitrogens with one attached hydrogen (secondary N) is 1. The van der Waals surface area contributed by atoms with E-state index in [0.717, 1.165) is 34.5 Å². The van der Waals surface area contributed by atoms with Gasteiger partial charge in [-0.2, -0.15) is 5.21 Å². The average Bonchev–Trinajstić information content (AvgIpc) is 3.63. The molecule has 0 aliphatic rings. The van der Waals surface area contributed by atoms with E-state index in [1.54, 1.807) is 19.2 Å². The molecule has 3 aromatic carbocycles. The van der Waals surface area contributed by atoms with Crippen molar-refractivity contribution in [3.63, 3.8) is 0 Å². The highest BCUT2D eigenvalue weighted by molar-refractivity contribution is 5.80. The van der Waals surface area contributed by atoms with Gasteiger partial charge >= 0.3 is 5.69 Å². The molecule has 6 rings (SSSR count). The number of hydrogen-bond donors (Lipinski definition) is 1. The van der Waals surface area contributed by atoms with Gasteiger partial charge in [-0.05, 0) is 40.5 Å². The molecule has 6 aromatic rings. The predicted molar refractivity (Wildman–Crippen MR) is 149 cm³/mol. The number of aromatic amines is 1. The van der Waals surface area contributed by atoms with Gasteiger partial charge in [0.05, 0.1) is 5.69 Å². The zero-order chi connectivity index (χ0) is 26.9. The summed E-state index contributed by atoms with van der Waals surface area (Å²) in [5, 5.41) is 14.5. The lowest BCUT2D eigenvalue weighted by Gasteiger charge is -2.12. The molecule has 0 atom stereocenters. The van der Waals surface area contributed by atoms with Crippen molar-refractivity contribution in [3.05, 3.63) is 111 Å². The number of hydrogen-bond acceptors (Lipinski definition) is 6.